The molecule has 1 N–H and O–H groups in total. The number of benzene rings is 1. The van der Waals surface area contributed by atoms with Crippen LogP contribution in [0.5, 0.6) is 0 Å². The average molecular weight is 420 g/mol. The first kappa shape index (κ1) is 20.1. The van der Waals surface area contributed by atoms with E-state index in [-0.39, 0.29) is 29.3 Å². The van der Waals surface area contributed by atoms with Crippen molar-refractivity contribution >= 4 is 27.6 Å². The van der Waals surface area contributed by atoms with E-state index < -0.39 is 15.9 Å². The monoisotopic (exact) mass is 420 g/mol. The topological polar surface area (TPSA) is 102 Å². The number of nitrogens with zero attached hydrogens (tertiary/aromatic N) is 1. The first-order valence-corrected chi connectivity index (χ1v) is 11.2. The van der Waals surface area contributed by atoms with Gasteiger partial charge in [0, 0.05) is 18.8 Å². The third-order valence-corrected chi connectivity index (χ3v) is 7.59. The number of carbonyl (C=O) groups is 2. The second kappa shape index (κ2) is 8.25. The van der Waals surface area contributed by atoms with Crippen molar-refractivity contribution in [2.45, 2.75) is 17.7 Å². The van der Waals surface area contributed by atoms with E-state index in [1.165, 1.54) is 28.6 Å². The summed E-state index contributed by atoms with van der Waals surface area (Å²) in [6, 6.07) is 5.95. The van der Waals surface area contributed by atoms with E-state index in [9.17, 15) is 18.0 Å². The Morgan fingerprint density at radius 2 is 1.83 bits per heavy atom. The van der Waals surface area contributed by atoms with Gasteiger partial charge in [0.1, 0.15) is 0 Å². The van der Waals surface area contributed by atoms with Gasteiger partial charge in [0.05, 0.1) is 24.0 Å². The van der Waals surface area contributed by atoms with Crippen LogP contribution in [0, 0.1) is 17.8 Å². The summed E-state index contributed by atoms with van der Waals surface area (Å²) in [4.78, 5) is 24.4. The zero-order valence-electron chi connectivity index (χ0n) is 16.0. The third-order valence-electron chi connectivity index (χ3n) is 5.67. The molecule has 156 valence electrons. The van der Waals surface area contributed by atoms with Gasteiger partial charge in [-0.2, -0.15) is 4.31 Å². The van der Waals surface area contributed by atoms with Gasteiger partial charge in [0.2, 0.25) is 10.0 Å². The normalized spacial score (nSPS) is 26.4. The van der Waals surface area contributed by atoms with Gasteiger partial charge in [0.15, 0.2) is 6.61 Å². The standard InChI is InChI=1S/C20H24N2O6S/c23-19(13-28-20(24)18-12-14-1-2-15(18)11-14)21-16-3-5-17(6-4-16)29(25,26)22-7-9-27-10-8-22/h1-6,14-15,18H,7-13H2,(H,21,23). The fourth-order valence-corrected chi connectivity index (χ4v) is 5.55. The lowest BCUT2D eigenvalue weighted by atomic mass is 9.94. The Bertz CT molecular complexity index is 905. The molecule has 4 rings (SSSR count). The number of allylic oxidation sites excluding steroid dienone is 2. The molecule has 0 radical (unpaired) electrons. The number of morpholine rings is 1. The molecule has 8 nitrogen and oxygen atoms in total. The van der Waals surface area contributed by atoms with Crippen molar-refractivity contribution in [1.29, 1.82) is 0 Å². The fourth-order valence-electron chi connectivity index (χ4n) is 4.14. The van der Waals surface area contributed by atoms with Crippen LogP contribution in [0.15, 0.2) is 41.3 Å². The van der Waals surface area contributed by atoms with Gasteiger partial charge in [-0.15, -0.1) is 0 Å². The van der Waals surface area contributed by atoms with E-state index in [0.717, 1.165) is 12.8 Å². The molecule has 3 unspecified atom stereocenters. The Labute approximate surface area is 169 Å². The van der Waals surface area contributed by atoms with E-state index in [4.69, 9.17) is 9.47 Å². The predicted molar refractivity (Wildman–Crippen MR) is 104 cm³/mol. The van der Waals surface area contributed by atoms with E-state index >= 15 is 0 Å². The molecule has 1 aromatic carbocycles. The number of hydrogen-bond donors (Lipinski definition) is 1. The molecule has 0 spiro atoms. The van der Waals surface area contributed by atoms with Crippen molar-refractivity contribution in [2.24, 2.45) is 17.8 Å². The maximum Gasteiger partial charge on any atom is 0.310 e. The number of sulfonamides is 1. The molecule has 2 bridgehead atoms. The summed E-state index contributed by atoms with van der Waals surface area (Å²) in [7, 11) is -3.58. The second-order valence-corrected chi connectivity index (χ2v) is 9.52. The molecule has 1 saturated carbocycles. The second-order valence-electron chi connectivity index (χ2n) is 7.58. The summed E-state index contributed by atoms with van der Waals surface area (Å²) in [5.41, 5.74) is 0.440. The van der Waals surface area contributed by atoms with Crippen LogP contribution in [0.1, 0.15) is 12.8 Å². The lowest BCUT2D eigenvalue weighted by Gasteiger charge is -2.26. The molecular weight excluding hydrogens is 396 g/mol. The van der Waals surface area contributed by atoms with E-state index in [2.05, 4.69) is 17.5 Å². The molecule has 9 heteroatoms. The smallest absolute Gasteiger partial charge is 0.310 e. The summed E-state index contributed by atoms with van der Waals surface area (Å²) in [6.45, 7) is 1.05. The molecule has 1 saturated heterocycles. The molecule has 1 aromatic rings. The fraction of sp³-hybridized carbons (Fsp3) is 0.500. The van der Waals surface area contributed by atoms with Gasteiger partial charge in [-0.25, -0.2) is 8.42 Å². The van der Waals surface area contributed by atoms with E-state index in [1.54, 1.807) is 0 Å². The lowest BCUT2D eigenvalue weighted by Crippen LogP contribution is -2.40. The van der Waals surface area contributed by atoms with Crippen molar-refractivity contribution in [3.05, 3.63) is 36.4 Å². The largest absolute Gasteiger partial charge is 0.455 e. The first-order chi connectivity index (χ1) is 13.9. The Morgan fingerprint density at radius 3 is 2.45 bits per heavy atom. The summed E-state index contributed by atoms with van der Waals surface area (Å²) in [5, 5.41) is 2.62. The summed E-state index contributed by atoms with van der Waals surface area (Å²) in [6.07, 6.45) is 5.99. The number of rotatable bonds is 6. The zero-order valence-corrected chi connectivity index (χ0v) is 16.8. The highest BCUT2D eigenvalue weighted by molar-refractivity contribution is 7.89. The number of amides is 1. The van der Waals surface area contributed by atoms with Crippen molar-refractivity contribution in [1.82, 2.24) is 4.31 Å². The van der Waals surface area contributed by atoms with Crippen molar-refractivity contribution in [2.75, 3.05) is 38.2 Å². The Morgan fingerprint density at radius 1 is 1.10 bits per heavy atom. The molecule has 2 fully saturated rings. The average Bonchev–Trinajstić information content (AvgIpc) is 3.37. The summed E-state index contributed by atoms with van der Waals surface area (Å²) < 4.78 is 36.9. The van der Waals surface area contributed by atoms with E-state index in [1.807, 2.05) is 0 Å². The molecular formula is C20H24N2O6S. The molecule has 0 aromatic heterocycles. The summed E-state index contributed by atoms with van der Waals surface area (Å²) in [5.74, 6) is -0.248. The van der Waals surface area contributed by atoms with Crippen LogP contribution < -0.4 is 5.32 Å². The Hall–Kier alpha value is -2.23. The Balaban J connectivity index is 1.28. The number of anilines is 1. The van der Waals surface area contributed by atoms with E-state index in [0.29, 0.717) is 37.9 Å². The molecule has 2 aliphatic carbocycles. The van der Waals surface area contributed by atoms with Crippen molar-refractivity contribution in [3.8, 4) is 0 Å². The highest BCUT2D eigenvalue weighted by atomic mass is 32.2. The van der Waals surface area contributed by atoms with Crippen LogP contribution in [0.25, 0.3) is 0 Å². The van der Waals surface area contributed by atoms with Crippen LogP contribution in [-0.2, 0) is 29.1 Å². The predicted octanol–water partition coefficient (Wildman–Crippen LogP) is 1.40. The summed E-state index contributed by atoms with van der Waals surface area (Å²) >= 11 is 0. The van der Waals surface area contributed by atoms with Gasteiger partial charge in [0.25, 0.3) is 5.91 Å². The molecule has 1 heterocycles. The van der Waals surface area contributed by atoms with Crippen LogP contribution in [-0.4, -0.2) is 57.5 Å². The number of carbonyl (C=O) groups excluding carboxylic acids is 2. The molecule has 3 atom stereocenters. The van der Waals surface area contributed by atoms with Crippen LogP contribution in [0.4, 0.5) is 5.69 Å². The number of esters is 1. The minimum absolute atomic E-state index is 0.150. The van der Waals surface area contributed by atoms with Crippen molar-refractivity contribution < 1.29 is 27.5 Å². The molecule has 3 aliphatic rings. The van der Waals surface area contributed by atoms with Crippen molar-refractivity contribution in [3.63, 3.8) is 0 Å². The van der Waals surface area contributed by atoms with Gasteiger partial charge < -0.3 is 14.8 Å². The number of ether oxygens (including phenoxy) is 2. The minimum atomic E-state index is -3.58. The zero-order chi connectivity index (χ0) is 20.4. The SMILES string of the molecule is O=C(COC(=O)C1CC2C=CC1C2)Nc1ccc(S(=O)(=O)N2CCOCC2)cc1. The number of fused-ring (bicyclic) bond motifs is 2. The Kier molecular flexibility index (Phi) is 5.71. The highest BCUT2D eigenvalue weighted by Crippen LogP contribution is 2.43. The van der Waals surface area contributed by atoms with Gasteiger partial charge in [-0.3, -0.25) is 9.59 Å². The van der Waals surface area contributed by atoms with Crippen LogP contribution >= 0.6 is 0 Å². The van der Waals surface area contributed by atoms with Gasteiger partial charge in [-0.1, -0.05) is 12.2 Å². The minimum Gasteiger partial charge on any atom is -0.455 e. The number of hydrogen-bond acceptors (Lipinski definition) is 6. The lowest BCUT2D eigenvalue weighted by molar-refractivity contribution is -0.152. The highest BCUT2D eigenvalue weighted by Gasteiger charge is 2.40. The van der Waals surface area contributed by atoms with Crippen LogP contribution in [0.3, 0.4) is 0 Å². The first-order valence-electron chi connectivity index (χ1n) is 9.76. The van der Waals surface area contributed by atoms with Gasteiger partial charge in [-0.05, 0) is 48.9 Å². The molecule has 29 heavy (non-hydrogen) atoms. The molecule has 1 aliphatic heterocycles. The van der Waals surface area contributed by atoms with Crippen LogP contribution in [0.2, 0.25) is 0 Å². The quantitative estimate of drug-likeness (QED) is 0.551. The maximum atomic E-state index is 12.6. The van der Waals surface area contributed by atoms with Gasteiger partial charge >= 0.3 is 5.97 Å². The third kappa shape index (κ3) is 4.36. The maximum absolute atomic E-state index is 12.6. The number of nitrogens with one attached hydrogen (secondary N) is 1. The molecule has 1 amide bonds.